The molecule has 6 nitrogen and oxygen atoms in total. The molecule has 0 amide bonds. The van der Waals surface area contributed by atoms with Crippen molar-refractivity contribution in [2.45, 2.75) is 38.8 Å². The van der Waals surface area contributed by atoms with Gasteiger partial charge in [0.05, 0.1) is 5.69 Å². The van der Waals surface area contributed by atoms with E-state index >= 15 is 0 Å². The predicted octanol–water partition coefficient (Wildman–Crippen LogP) is 2.67. The van der Waals surface area contributed by atoms with Crippen LogP contribution in [0.25, 0.3) is 11.0 Å². The summed E-state index contributed by atoms with van der Waals surface area (Å²) in [5.74, 6) is 1.06. The lowest BCUT2D eigenvalue weighted by atomic mass is 10.0. The number of aryl methyl sites for hydroxylation is 1. The largest absolute Gasteiger partial charge is 0.356 e. The van der Waals surface area contributed by atoms with Crippen LogP contribution >= 0.6 is 0 Å². The number of pyridine rings is 1. The number of nitrogens with zero attached hydrogens (tertiary/aromatic N) is 4. The van der Waals surface area contributed by atoms with Crippen molar-refractivity contribution in [2.24, 2.45) is 0 Å². The molecule has 1 saturated heterocycles. The van der Waals surface area contributed by atoms with Crippen molar-refractivity contribution in [3.63, 3.8) is 0 Å². The summed E-state index contributed by atoms with van der Waals surface area (Å²) in [5, 5.41) is 4.81. The van der Waals surface area contributed by atoms with Gasteiger partial charge < -0.3 is 15.2 Å². The highest BCUT2D eigenvalue weighted by Gasteiger charge is 2.20. The van der Waals surface area contributed by atoms with Crippen molar-refractivity contribution in [3.8, 4) is 0 Å². The van der Waals surface area contributed by atoms with Gasteiger partial charge in [0.1, 0.15) is 17.8 Å². The Morgan fingerprint density at radius 1 is 1.16 bits per heavy atom. The van der Waals surface area contributed by atoms with Gasteiger partial charge in [0.15, 0.2) is 0 Å². The van der Waals surface area contributed by atoms with Crippen molar-refractivity contribution in [1.29, 1.82) is 0 Å². The van der Waals surface area contributed by atoms with Gasteiger partial charge >= 0.3 is 0 Å². The van der Waals surface area contributed by atoms with Crippen LogP contribution in [-0.4, -0.2) is 39.1 Å². The first-order valence-corrected chi connectivity index (χ1v) is 9.04. The minimum Gasteiger partial charge on any atom is -0.356 e. The van der Waals surface area contributed by atoms with Crippen LogP contribution in [0.2, 0.25) is 0 Å². The number of hydrogen-bond donors (Lipinski definition) is 2. The van der Waals surface area contributed by atoms with Crippen LogP contribution in [0, 0.1) is 0 Å². The van der Waals surface area contributed by atoms with E-state index in [0.29, 0.717) is 6.04 Å². The summed E-state index contributed by atoms with van der Waals surface area (Å²) in [4.78, 5) is 18.9. The van der Waals surface area contributed by atoms with Gasteiger partial charge in [0, 0.05) is 49.0 Å². The molecule has 1 aliphatic rings. The highest BCUT2D eigenvalue weighted by atomic mass is 15.2. The summed E-state index contributed by atoms with van der Waals surface area (Å²) >= 11 is 0. The van der Waals surface area contributed by atoms with Crippen LogP contribution in [0.3, 0.4) is 0 Å². The molecule has 6 heteroatoms. The third kappa shape index (κ3) is 3.64. The number of piperidine rings is 1. The van der Waals surface area contributed by atoms with E-state index in [4.69, 9.17) is 0 Å². The molecular weight excluding hydrogens is 312 g/mol. The molecule has 3 aromatic rings. The van der Waals surface area contributed by atoms with E-state index in [9.17, 15) is 0 Å². The standard InChI is InChI=1S/C19H24N6/c1-2-15-11-18(23-13-22-15)25-9-6-16(7-10-25)21-12-17-4-3-14-5-8-20-19(14)24-17/h3-5,8,11,13,16,21H,2,6-7,9-10,12H2,1H3,(H,20,24). The van der Waals surface area contributed by atoms with Gasteiger partial charge in [-0.05, 0) is 37.5 Å². The number of nitrogens with one attached hydrogen (secondary N) is 2. The first-order valence-electron chi connectivity index (χ1n) is 9.04. The average Bonchev–Trinajstić information content (AvgIpc) is 3.14. The lowest BCUT2D eigenvalue weighted by Gasteiger charge is -2.33. The Balaban J connectivity index is 1.31. The molecular formula is C19H24N6. The fourth-order valence-corrected chi connectivity index (χ4v) is 3.38. The Bertz CT molecular complexity index is 835. The molecule has 4 rings (SSSR count). The Kier molecular flexibility index (Phi) is 4.61. The first-order chi connectivity index (χ1) is 12.3. The second kappa shape index (κ2) is 7.19. The van der Waals surface area contributed by atoms with Crippen LogP contribution in [0.5, 0.6) is 0 Å². The zero-order chi connectivity index (χ0) is 17.1. The molecule has 0 atom stereocenters. The van der Waals surface area contributed by atoms with E-state index in [1.54, 1.807) is 6.33 Å². The van der Waals surface area contributed by atoms with Gasteiger partial charge in [0.25, 0.3) is 0 Å². The third-order valence-electron chi connectivity index (χ3n) is 4.93. The quantitative estimate of drug-likeness (QED) is 0.750. The maximum absolute atomic E-state index is 4.66. The summed E-state index contributed by atoms with van der Waals surface area (Å²) in [6.45, 7) is 5.00. The molecule has 1 fully saturated rings. The smallest absolute Gasteiger partial charge is 0.137 e. The third-order valence-corrected chi connectivity index (χ3v) is 4.93. The molecule has 4 heterocycles. The molecule has 0 unspecified atom stereocenters. The topological polar surface area (TPSA) is 69.7 Å². The number of fused-ring (bicyclic) bond motifs is 1. The number of aromatic amines is 1. The van der Waals surface area contributed by atoms with Gasteiger partial charge in [0.2, 0.25) is 0 Å². The average molecular weight is 336 g/mol. The van der Waals surface area contributed by atoms with Gasteiger partial charge in [-0.2, -0.15) is 0 Å². The van der Waals surface area contributed by atoms with Crippen LogP contribution in [-0.2, 0) is 13.0 Å². The zero-order valence-electron chi connectivity index (χ0n) is 14.6. The highest BCUT2D eigenvalue weighted by molar-refractivity contribution is 5.75. The minimum absolute atomic E-state index is 0.532. The molecule has 0 bridgehead atoms. The van der Waals surface area contributed by atoms with Gasteiger partial charge in [-0.15, -0.1) is 0 Å². The van der Waals surface area contributed by atoms with Crippen molar-refractivity contribution in [1.82, 2.24) is 25.3 Å². The molecule has 0 saturated carbocycles. The van der Waals surface area contributed by atoms with E-state index in [-0.39, 0.29) is 0 Å². The second-order valence-corrected chi connectivity index (χ2v) is 6.58. The molecule has 3 aromatic heterocycles. The van der Waals surface area contributed by atoms with E-state index in [2.05, 4.69) is 55.3 Å². The monoisotopic (exact) mass is 336 g/mol. The number of rotatable bonds is 5. The summed E-state index contributed by atoms with van der Waals surface area (Å²) in [6.07, 6.45) is 6.81. The predicted molar refractivity (Wildman–Crippen MR) is 99.6 cm³/mol. The summed E-state index contributed by atoms with van der Waals surface area (Å²) in [7, 11) is 0. The van der Waals surface area contributed by atoms with Crippen LogP contribution in [0.15, 0.2) is 36.8 Å². The maximum atomic E-state index is 4.66. The molecule has 2 N–H and O–H groups in total. The van der Waals surface area contributed by atoms with Crippen LogP contribution < -0.4 is 10.2 Å². The Morgan fingerprint density at radius 2 is 2.04 bits per heavy atom. The van der Waals surface area contributed by atoms with Crippen molar-refractivity contribution in [2.75, 3.05) is 18.0 Å². The fourth-order valence-electron chi connectivity index (χ4n) is 3.38. The molecule has 130 valence electrons. The van der Waals surface area contributed by atoms with Gasteiger partial charge in [-0.1, -0.05) is 6.92 Å². The van der Waals surface area contributed by atoms with Gasteiger partial charge in [-0.25, -0.2) is 15.0 Å². The maximum Gasteiger partial charge on any atom is 0.137 e. The SMILES string of the molecule is CCc1cc(N2CCC(NCc3ccc4cc[nH]c4n3)CC2)ncn1. The van der Waals surface area contributed by atoms with Crippen molar-refractivity contribution < 1.29 is 0 Å². The Hall–Kier alpha value is -2.47. The number of anilines is 1. The normalized spacial score (nSPS) is 15.8. The lowest BCUT2D eigenvalue weighted by molar-refractivity contribution is 0.411. The number of aromatic nitrogens is 4. The Labute approximate surface area is 147 Å². The highest BCUT2D eigenvalue weighted by Crippen LogP contribution is 2.18. The molecule has 25 heavy (non-hydrogen) atoms. The lowest BCUT2D eigenvalue weighted by Crippen LogP contribution is -2.42. The van der Waals surface area contributed by atoms with Crippen molar-refractivity contribution >= 4 is 16.9 Å². The minimum atomic E-state index is 0.532. The van der Waals surface area contributed by atoms with Gasteiger partial charge in [-0.3, -0.25) is 0 Å². The second-order valence-electron chi connectivity index (χ2n) is 6.58. The zero-order valence-corrected chi connectivity index (χ0v) is 14.6. The summed E-state index contributed by atoms with van der Waals surface area (Å²) in [5.41, 5.74) is 3.15. The molecule has 0 radical (unpaired) electrons. The molecule has 0 spiro atoms. The van der Waals surface area contributed by atoms with E-state index in [1.807, 2.05) is 12.3 Å². The van der Waals surface area contributed by atoms with E-state index < -0.39 is 0 Å². The molecule has 1 aliphatic heterocycles. The Morgan fingerprint density at radius 3 is 2.88 bits per heavy atom. The molecule has 0 aliphatic carbocycles. The van der Waals surface area contributed by atoms with Crippen molar-refractivity contribution in [3.05, 3.63) is 48.2 Å². The number of H-pyrrole nitrogens is 1. The molecule has 0 aromatic carbocycles. The number of hydrogen-bond acceptors (Lipinski definition) is 5. The van der Waals surface area contributed by atoms with Crippen LogP contribution in [0.1, 0.15) is 31.2 Å². The summed E-state index contributed by atoms with van der Waals surface area (Å²) < 4.78 is 0. The van der Waals surface area contributed by atoms with Crippen LogP contribution in [0.4, 0.5) is 5.82 Å². The van der Waals surface area contributed by atoms with E-state index in [1.165, 1.54) is 0 Å². The van der Waals surface area contributed by atoms with E-state index in [0.717, 1.165) is 67.1 Å². The fraction of sp³-hybridized carbons (Fsp3) is 0.421. The summed E-state index contributed by atoms with van der Waals surface area (Å²) in [6, 6.07) is 8.92. The first kappa shape index (κ1) is 16.0.